The number of carbonyl (C=O) groups is 3. The van der Waals surface area contributed by atoms with E-state index in [1.165, 1.54) is 37.5 Å². The monoisotopic (exact) mass is 634 g/mol. The van der Waals surface area contributed by atoms with Gasteiger partial charge in [-0.3, -0.25) is 19.3 Å². The Morgan fingerprint density at radius 2 is 1.70 bits per heavy atom. The van der Waals surface area contributed by atoms with E-state index in [2.05, 4.69) is 5.32 Å². The highest BCUT2D eigenvalue weighted by molar-refractivity contribution is 8.18. The summed E-state index contributed by atoms with van der Waals surface area (Å²) in [7, 11) is -2.86. The first-order chi connectivity index (χ1) is 20.2. The molecule has 0 saturated carbocycles. The smallest absolute Gasteiger partial charge is 0.416 e. The Balaban J connectivity index is 1.41. The van der Waals surface area contributed by atoms with Crippen LogP contribution in [0, 0.1) is 13.8 Å². The standard InChI is InChI=1S/C29H25F3N2O7S2/c1-17-4-5-18(2)25(14-17)43(38,39)41-22-11-6-19(15-23(22)40-3)16-24-27(36)34(28(37)42-24)13-12-33-26(35)20-7-9-21(10-8-20)29(30,31)32/h4-11,14-16H,12-13H2,1-3H3,(H,33,35). The van der Waals surface area contributed by atoms with Crippen LogP contribution in [-0.2, 0) is 21.1 Å². The molecule has 43 heavy (non-hydrogen) atoms. The molecule has 0 aliphatic carbocycles. The highest BCUT2D eigenvalue weighted by atomic mass is 32.2. The van der Waals surface area contributed by atoms with Gasteiger partial charge in [-0.15, -0.1) is 0 Å². The number of halogens is 3. The number of thioether (sulfide) groups is 1. The Morgan fingerprint density at radius 3 is 2.35 bits per heavy atom. The second-order valence-electron chi connectivity index (χ2n) is 9.38. The van der Waals surface area contributed by atoms with Crippen molar-refractivity contribution in [2.45, 2.75) is 24.9 Å². The number of alkyl halides is 3. The van der Waals surface area contributed by atoms with E-state index < -0.39 is 38.9 Å². The molecule has 3 aromatic carbocycles. The van der Waals surface area contributed by atoms with E-state index in [4.69, 9.17) is 8.92 Å². The molecule has 0 bridgehead atoms. The summed E-state index contributed by atoms with van der Waals surface area (Å²) in [5.74, 6) is -1.27. The lowest BCUT2D eigenvalue weighted by atomic mass is 10.1. The van der Waals surface area contributed by atoms with Crippen molar-refractivity contribution in [3.8, 4) is 11.5 Å². The number of amides is 3. The van der Waals surface area contributed by atoms with Gasteiger partial charge < -0.3 is 14.2 Å². The molecule has 1 aliphatic heterocycles. The summed E-state index contributed by atoms with van der Waals surface area (Å²) in [5.41, 5.74) is 0.775. The maximum Gasteiger partial charge on any atom is 0.416 e. The number of aryl methyl sites for hydroxylation is 2. The van der Waals surface area contributed by atoms with Crippen LogP contribution < -0.4 is 14.2 Å². The third kappa shape index (κ3) is 7.38. The molecule has 9 nitrogen and oxygen atoms in total. The molecule has 1 fully saturated rings. The highest BCUT2D eigenvalue weighted by Crippen LogP contribution is 2.36. The summed E-state index contributed by atoms with van der Waals surface area (Å²) in [4.78, 5) is 38.7. The summed E-state index contributed by atoms with van der Waals surface area (Å²) in [5, 5.41) is 1.90. The van der Waals surface area contributed by atoms with Gasteiger partial charge in [0.05, 0.1) is 17.6 Å². The Labute approximate surface area is 249 Å². The Bertz CT molecular complexity index is 1720. The van der Waals surface area contributed by atoms with Gasteiger partial charge in [0.25, 0.3) is 17.1 Å². The van der Waals surface area contributed by atoms with Gasteiger partial charge in [0.15, 0.2) is 11.5 Å². The molecule has 1 aliphatic rings. The zero-order valence-corrected chi connectivity index (χ0v) is 24.7. The predicted molar refractivity (Wildman–Crippen MR) is 153 cm³/mol. The van der Waals surface area contributed by atoms with Crippen molar-refractivity contribution in [3.05, 3.63) is 93.4 Å². The van der Waals surface area contributed by atoms with E-state index >= 15 is 0 Å². The Morgan fingerprint density at radius 1 is 1.00 bits per heavy atom. The molecule has 3 amide bonds. The lowest BCUT2D eigenvalue weighted by Crippen LogP contribution is -2.37. The second kappa shape index (κ2) is 12.5. The zero-order chi connectivity index (χ0) is 31.5. The fourth-order valence-electron chi connectivity index (χ4n) is 4.02. The molecule has 3 aromatic rings. The molecule has 1 saturated heterocycles. The molecule has 1 N–H and O–H groups in total. The number of benzene rings is 3. The third-order valence-corrected chi connectivity index (χ3v) is 8.55. The van der Waals surface area contributed by atoms with Gasteiger partial charge in [-0.25, -0.2) is 0 Å². The van der Waals surface area contributed by atoms with Crippen LogP contribution in [0.25, 0.3) is 6.08 Å². The average molecular weight is 635 g/mol. The number of rotatable bonds is 9. The summed E-state index contributed by atoms with van der Waals surface area (Å²) in [6.45, 7) is 3.12. The number of hydrogen-bond donors (Lipinski definition) is 1. The predicted octanol–water partition coefficient (Wildman–Crippen LogP) is 5.56. The van der Waals surface area contributed by atoms with E-state index in [9.17, 15) is 36.0 Å². The summed E-state index contributed by atoms with van der Waals surface area (Å²) in [6.07, 6.45) is -3.10. The van der Waals surface area contributed by atoms with Crippen LogP contribution in [0.2, 0.25) is 0 Å². The van der Waals surface area contributed by atoms with Crippen LogP contribution in [0.1, 0.15) is 32.6 Å². The van der Waals surface area contributed by atoms with E-state index in [0.29, 0.717) is 22.9 Å². The van der Waals surface area contributed by atoms with Crippen molar-refractivity contribution in [2.75, 3.05) is 20.2 Å². The lowest BCUT2D eigenvalue weighted by Gasteiger charge is -2.14. The zero-order valence-electron chi connectivity index (χ0n) is 23.0. The first kappa shape index (κ1) is 31.6. The van der Waals surface area contributed by atoms with Gasteiger partial charge in [0, 0.05) is 18.7 Å². The van der Waals surface area contributed by atoms with Crippen molar-refractivity contribution in [3.63, 3.8) is 0 Å². The topological polar surface area (TPSA) is 119 Å². The first-order valence-electron chi connectivity index (χ1n) is 12.6. The number of methoxy groups -OCH3 is 1. The van der Waals surface area contributed by atoms with Crippen molar-refractivity contribution < 1.29 is 44.9 Å². The van der Waals surface area contributed by atoms with E-state index in [1.807, 2.05) is 0 Å². The summed E-state index contributed by atoms with van der Waals surface area (Å²) >= 11 is 0.675. The van der Waals surface area contributed by atoms with Crippen molar-refractivity contribution in [1.29, 1.82) is 0 Å². The fraction of sp³-hybridized carbons (Fsp3) is 0.207. The number of ether oxygens (including phenoxy) is 1. The number of hydrogen-bond acceptors (Lipinski definition) is 8. The molecular formula is C29H25F3N2O7S2. The molecule has 0 unspecified atom stereocenters. The van der Waals surface area contributed by atoms with Gasteiger partial charge in [-0.2, -0.15) is 21.6 Å². The Hall–Kier alpha value is -4.30. The third-order valence-electron chi connectivity index (χ3n) is 6.27. The highest BCUT2D eigenvalue weighted by Gasteiger charge is 2.35. The normalized spacial score (nSPS) is 14.7. The van der Waals surface area contributed by atoms with Crippen LogP contribution in [0.5, 0.6) is 11.5 Å². The second-order valence-corrected chi connectivity index (χ2v) is 11.9. The minimum Gasteiger partial charge on any atom is -0.493 e. The van der Waals surface area contributed by atoms with Crippen LogP contribution in [0.15, 0.2) is 70.5 Å². The first-order valence-corrected chi connectivity index (χ1v) is 14.8. The number of carbonyl (C=O) groups excluding carboxylic acids is 3. The van der Waals surface area contributed by atoms with E-state index in [0.717, 1.165) is 34.7 Å². The molecule has 226 valence electrons. The quantitative estimate of drug-likeness (QED) is 0.240. The molecule has 0 atom stereocenters. The van der Waals surface area contributed by atoms with Crippen LogP contribution in [-0.4, -0.2) is 50.6 Å². The van der Waals surface area contributed by atoms with E-state index in [1.54, 1.807) is 26.0 Å². The van der Waals surface area contributed by atoms with Crippen LogP contribution in [0.3, 0.4) is 0 Å². The van der Waals surface area contributed by atoms with E-state index in [-0.39, 0.29) is 40.0 Å². The molecule has 0 aromatic heterocycles. The lowest BCUT2D eigenvalue weighted by molar-refractivity contribution is -0.137. The molecular weight excluding hydrogens is 609 g/mol. The van der Waals surface area contributed by atoms with Crippen LogP contribution >= 0.6 is 11.8 Å². The maximum absolute atomic E-state index is 12.9. The summed E-state index contributed by atoms with van der Waals surface area (Å²) < 4.78 is 74.7. The minimum atomic E-state index is -4.53. The fourth-order valence-corrected chi connectivity index (χ4v) is 6.14. The van der Waals surface area contributed by atoms with Gasteiger partial charge in [0.1, 0.15) is 4.90 Å². The van der Waals surface area contributed by atoms with Crippen LogP contribution in [0.4, 0.5) is 18.0 Å². The average Bonchev–Trinajstić information content (AvgIpc) is 3.21. The summed E-state index contributed by atoms with van der Waals surface area (Å²) in [6, 6.07) is 12.9. The van der Waals surface area contributed by atoms with Gasteiger partial charge in [-0.1, -0.05) is 18.2 Å². The molecule has 0 radical (unpaired) electrons. The molecule has 0 spiro atoms. The number of nitrogens with one attached hydrogen (secondary N) is 1. The maximum atomic E-state index is 12.9. The van der Waals surface area contributed by atoms with Gasteiger partial charge in [-0.05, 0) is 90.8 Å². The molecule has 14 heteroatoms. The van der Waals surface area contributed by atoms with Gasteiger partial charge >= 0.3 is 16.3 Å². The molecule has 4 rings (SSSR count). The minimum absolute atomic E-state index is 0.00905. The SMILES string of the molecule is COc1cc(C=C2SC(=O)N(CCNC(=O)c3ccc(C(F)(F)F)cc3)C2=O)ccc1OS(=O)(=O)c1cc(C)ccc1C. The number of nitrogens with zero attached hydrogens (tertiary/aromatic N) is 1. The Kier molecular flexibility index (Phi) is 9.21. The van der Waals surface area contributed by atoms with Crippen molar-refractivity contribution >= 4 is 45.0 Å². The van der Waals surface area contributed by atoms with Crippen molar-refractivity contribution in [2.24, 2.45) is 0 Å². The number of imide groups is 1. The largest absolute Gasteiger partial charge is 0.493 e. The van der Waals surface area contributed by atoms with Crippen molar-refractivity contribution in [1.82, 2.24) is 10.2 Å². The van der Waals surface area contributed by atoms with Gasteiger partial charge in [0.2, 0.25) is 0 Å². The molecule has 1 heterocycles.